The van der Waals surface area contributed by atoms with E-state index in [1.54, 1.807) is 11.0 Å². The standard InChI is InChI=1S/C15H19NO4/c1-2-3-4-5-8-16-12-7-6-11(15(18)19)9-13(12)20-10-14(16)17/h6-7,9H,2-5,8,10H2,1H3,(H,18,19). The highest BCUT2D eigenvalue weighted by Gasteiger charge is 2.25. The van der Waals surface area contributed by atoms with Crippen LogP contribution in [0.4, 0.5) is 5.69 Å². The molecule has 0 bridgehead atoms. The molecule has 0 spiro atoms. The summed E-state index contributed by atoms with van der Waals surface area (Å²) in [7, 11) is 0. The van der Waals surface area contributed by atoms with Gasteiger partial charge in [0.2, 0.25) is 0 Å². The molecule has 0 aromatic heterocycles. The molecule has 1 amide bonds. The van der Waals surface area contributed by atoms with E-state index in [0.29, 0.717) is 18.0 Å². The van der Waals surface area contributed by atoms with Crippen molar-refractivity contribution in [1.29, 1.82) is 0 Å². The molecule has 0 saturated carbocycles. The van der Waals surface area contributed by atoms with Crippen molar-refractivity contribution in [2.45, 2.75) is 32.6 Å². The average molecular weight is 277 g/mol. The van der Waals surface area contributed by atoms with Crippen LogP contribution < -0.4 is 9.64 Å². The highest BCUT2D eigenvalue weighted by Crippen LogP contribution is 2.33. The van der Waals surface area contributed by atoms with Gasteiger partial charge in [0.15, 0.2) is 6.61 Å². The number of carbonyl (C=O) groups is 2. The molecule has 2 rings (SSSR count). The first-order valence-corrected chi connectivity index (χ1v) is 6.94. The Bertz CT molecular complexity index is 513. The minimum atomic E-state index is -0.997. The molecule has 108 valence electrons. The summed E-state index contributed by atoms with van der Waals surface area (Å²) in [5.41, 5.74) is 0.840. The van der Waals surface area contributed by atoms with E-state index < -0.39 is 5.97 Å². The van der Waals surface area contributed by atoms with Gasteiger partial charge in [-0.2, -0.15) is 0 Å². The van der Waals surface area contributed by atoms with E-state index >= 15 is 0 Å². The van der Waals surface area contributed by atoms with Gasteiger partial charge >= 0.3 is 5.97 Å². The number of benzene rings is 1. The molecule has 0 unspecified atom stereocenters. The highest BCUT2D eigenvalue weighted by molar-refractivity contribution is 5.99. The molecule has 0 radical (unpaired) electrons. The van der Waals surface area contributed by atoms with Crippen LogP contribution in [0, 0.1) is 0 Å². The summed E-state index contributed by atoms with van der Waals surface area (Å²) in [5.74, 6) is -0.597. The quantitative estimate of drug-likeness (QED) is 0.812. The van der Waals surface area contributed by atoms with Crippen molar-refractivity contribution in [3.63, 3.8) is 0 Å². The normalized spacial score (nSPS) is 13.8. The van der Waals surface area contributed by atoms with Gasteiger partial charge < -0.3 is 14.7 Å². The predicted octanol–water partition coefficient (Wildman–Crippen LogP) is 2.69. The van der Waals surface area contributed by atoms with Gasteiger partial charge in [0.25, 0.3) is 5.91 Å². The molecule has 1 N–H and O–H groups in total. The number of carboxylic acid groups (broad SMARTS) is 1. The van der Waals surface area contributed by atoms with Gasteiger partial charge in [-0.3, -0.25) is 4.79 Å². The van der Waals surface area contributed by atoms with Gasteiger partial charge in [-0.15, -0.1) is 0 Å². The van der Waals surface area contributed by atoms with Crippen molar-refractivity contribution in [2.24, 2.45) is 0 Å². The lowest BCUT2D eigenvalue weighted by atomic mass is 10.1. The lowest BCUT2D eigenvalue weighted by Crippen LogP contribution is -2.39. The molecule has 20 heavy (non-hydrogen) atoms. The Hall–Kier alpha value is -2.04. The molecule has 0 fully saturated rings. The number of rotatable bonds is 6. The fourth-order valence-electron chi connectivity index (χ4n) is 2.28. The molecule has 5 nitrogen and oxygen atoms in total. The van der Waals surface area contributed by atoms with Crippen LogP contribution in [0.5, 0.6) is 5.75 Å². The molecule has 1 aromatic carbocycles. The molecule has 1 aliphatic heterocycles. The van der Waals surface area contributed by atoms with Gasteiger partial charge in [0.05, 0.1) is 11.3 Å². The zero-order valence-electron chi connectivity index (χ0n) is 11.6. The third-order valence-corrected chi connectivity index (χ3v) is 3.39. The van der Waals surface area contributed by atoms with Crippen LogP contribution >= 0.6 is 0 Å². The van der Waals surface area contributed by atoms with E-state index in [9.17, 15) is 9.59 Å². The lowest BCUT2D eigenvalue weighted by molar-refractivity contribution is -0.121. The maximum absolute atomic E-state index is 11.9. The van der Waals surface area contributed by atoms with Gasteiger partial charge in [0, 0.05) is 6.54 Å². The molecule has 1 aliphatic rings. The number of carboxylic acids is 1. The van der Waals surface area contributed by atoms with Crippen LogP contribution in [0.1, 0.15) is 43.0 Å². The minimum Gasteiger partial charge on any atom is -0.482 e. The molecular weight excluding hydrogens is 258 g/mol. The average Bonchev–Trinajstić information content (AvgIpc) is 2.44. The third-order valence-electron chi connectivity index (χ3n) is 3.39. The Balaban J connectivity index is 2.14. The number of hydrogen-bond acceptors (Lipinski definition) is 3. The maximum Gasteiger partial charge on any atom is 0.335 e. The first kappa shape index (κ1) is 14.4. The van der Waals surface area contributed by atoms with Crippen molar-refractivity contribution in [1.82, 2.24) is 0 Å². The summed E-state index contributed by atoms with van der Waals surface area (Å²) in [6.07, 6.45) is 4.34. The fourth-order valence-corrected chi connectivity index (χ4v) is 2.28. The Morgan fingerprint density at radius 1 is 1.35 bits per heavy atom. The van der Waals surface area contributed by atoms with E-state index in [2.05, 4.69) is 6.92 Å². The van der Waals surface area contributed by atoms with Crippen LogP contribution in [0.2, 0.25) is 0 Å². The SMILES string of the molecule is CCCCCCN1C(=O)COc2cc(C(=O)O)ccc21. The first-order valence-electron chi connectivity index (χ1n) is 6.94. The molecule has 0 saturated heterocycles. The van der Waals surface area contributed by atoms with Gasteiger partial charge in [-0.25, -0.2) is 4.79 Å². The Morgan fingerprint density at radius 3 is 2.85 bits per heavy atom. The van der Waals surface area contributed by atoms with Crippen molar-refractivity contribution < 1.29 is 19.4 Å². The molecule has 1 heterocycles. The summed E-state index contributed by atoms with van der Waals surface area (Å²) < 4.78 is 5.33. The van der Waals surface area contributed by atoms with E-state index in [-0.39, 0.29) is 18.1 Å². The largest absolute Gasteiger partial charge is 0.482 e. The zero-order valence-corrected chi connectivity index (χ0v) is 11.6. The van der Waals surface area contributed by atoms with Gasteiger partial charge in [-0.1, -0.05) is 26.2 Å². The van der Waals surface area contributed by atoms with Crippen LogP contribution in [-0.4, -0.2) is 30.1 Å². The molecular formula is C15H19NO4. The second-order valence-corrected chi connectivity index (χ2v) is 4.88. The number of hydrogen-bond donors (Lipinski definition) is 1. The minimum absolute atomic E-state index is 0.0240. The van der Waals surface area contributed by atoms with E-state index in [1.807, 2.05) is 0 Å². The van der Waals surface area contributed by atoms with Crippen LogP contribution in [0.25, 0.3) is 0 Å². The van der Waals surface area contributed by atoms with Crippen molar-refractivity contribution >= 4 is 17.6 Å². The number of carbonyl (C=O) groups excluding carboxylic acids is 1. The van der Waals surface area contributed by atoms with Gasteiger partial charge in [-0.05, 0) is 24.6 Å². The topological polar surface area (TPSA) is 66.8 Å². The van der Waals surface area contributed by atoms with Gasteiger partial charge in [0.1, 0.15) is 5.75 Å². The molecule has 5 heteroatoms. The Labute approximate surface area is 118 Å². The van der Waals surface area contributed by atoms with E-state index in [4.69, 9.17) is 9.84 Å². The summed E-state index contributed by atoms with van der Waals surface area (Å²) >= 11 is 0. The Morgan fingerprint density at radius 2 is 2.15 bits per heavy atom. The molecule has 0 aliphatic carbocycles. The maximum atomic E-state index is 11.9. The summed E-state index contributed by atoms with van der Waals surface area (Å²) in [6.45, 7) is 2.77. The molecule has 0 atom stereocenters. The summed E-state index contributed by atoms with van der Waals surface area (Å²) in [5, 5.41) is 8.97. The first-order chi connectivity index (χ1) is 9.63. The second-order valence-electron chi connectivity index (χ2n) is 4.88. The number of fused-ring (bicyclic) bond motifs is 1. The van der Waals surface area contributed by atoms with Crippen molar-refractivity contribution in [3.8, 4) is 5.75 Å². The number of unbranched alkanes of at least 4 members (excludes halogenated alkanes) is 3. The summed E-state index contributed by atoms with van der Waals surface area (Å²) in [6, 6.07) is 4.63. The smallest absolute Gasteiger partial charge is 0.335 e. The van der Waals surface area contributed by atoms with Crippen molar-refractivity contribution in [3.05, 3.63) is 23.8 Å². The van der Waals surface area contributed by atoms with Crippen molar-refractivity contribution in [2.75, 3.05) is 18.1 Å². The molecule has 1 aromatic rings. The zero-order chi connectivity index (χ0) is 14.5. The third kappa shape index (κ3) is 3.10. The number of aromatic carboxylic acids is 1. The van der Waals surface area contributed by atoms with E-state index in [0.717, 1.165) is 25.7 Å². The number of ether oxygens (including phenoxy) is 1. The number of nitrogens with zero attached hydrogens (tertiary/aromatic N) is 1. The van der Waals surface area contributed by atoms with Crippen LogP contribution in [0.3, 0.4) is 0 Å². The number of anilines is 1. The Kier molecular flexibility index (Phi) is 4.61. The highest BCUT2D eigenvalue weighted by atomic mass is 16.5. The predicted molar refractivity (Wildman–Crippen MR) is 75.4 cm³/mol. The lowest BCUT2D eigenvalue weighted by Gasteiger charge is -2.29. The summed E-state index contributed by atoms with van der Waals surface area (Å²) in [4.78, 5) is 24.6. The van der Waals surface area contributed by atoms with E-state index in [1.165, 1.54) is 12.1 Å². The van der Waals surface area contributed by atoms with Crippen LogP contribution in [0.15, 0.2) is 18.2 Å². The number of amides is 1. The fraction of sp³-hybridized carbons (Fsp3) is 0.467. The monoisotopic (exact) mass is 277 g/mol. The van der Waals surface area contributed by atoms with Crippen LogP contribution in [-0.2, 0) is 4.79 Å². The second kappa shape index (κ2) is 6.41.